The van der Waals surface area contributed by atoms with E-state index in [1.165, 1.54) is 88.8 Å². The van der Waals surface area contributed by atoms with E-state index in [4.69, 9.17) is 0 Å². The molecule has 0 spiro atoms. The summed E-state index contributed by atoms with van der Waals surface area (Å²) in [4.78, 5) is 0. The van der Waals surface area contributed by atoms with Crippen molar-refractivity contribution in [3.63, 3.8) is 0 Å². The fourth-order valence-corrected chi connectivity index (χ4v) is 9.67. The second-order valence-electron chi connectivity index (χ2n) is 14.9. The minimum atomic E-state index is -0.522. The van der Waals surface area contributed by atoms with E-state index in [-0.39, 0.29) is 6.71 Å². The van der Waals surface area contributed by atoms with Crippen molar-refractivity contribution in [2.75, 3.05) is 0 Å². The topological polar surface area (TPSA) is 0 Å². The van der Waals surface area contributed by atoms with E-state index in [9.17, 15) is 0 Å². The van der Waals surface area contributed by atoms with Crippen LogP contribution in [0, 0.1) is 12.1 Å². The third-order valence-electron chi connectivity index (χ3n) is 12.1. The molecule has 1 heteroatoms. The zero-order valence-corrected chi connectivity index (χ0v) is 30.8. The highest BCUT2D eigenvalue weighted by Crippen LogP contribution is 2.56. The molecule has 258 valence electrons. The summed E-state index contributed by atoms with van der Waals surface area (Å²) in [5, 5.41) is 0. The van der Waals surface area contributed by atoms with Crippen LogP contribution in [0.5, 0.6) is 0 Å². The molecular formula is C54H39B. The highest BCUT2D eigenvalue weighted by atomic mass is 14.5. The third-order valence-corrected chi connectivity index (χ3v) is 12.1. The van der Waals surface area contributed by atoms with Crippen molar-refractivity contribution in [2.24, 2.45) is 0 Å². The second-order valence-corrected chi connectivity index (χ2v) is 14.9. The molecule has 10 rings (SSSR count). The van der Waals surface area contributed by atoms with E-state index in [0.29, 0.717) is 0 Å². The molecule has 0 aromatic heterocycles. The number of allylic oxidation sites excluding steroid dienone is 5. The fraction of sp³-hybridized carbons (Fsp3) is 0.0741. The van der Waals surface area contributed by atoms with Gasteiger partial charge in [-0.2, -0.15) is 0 Å². The maximum absolute atomic E-state index is 4.29. The van der Waals surface area contributed by atoms with Gasteiger partial charge in [-0.1, -0.05) is 200 Å². The Hall–Kier alpha value is -6.62. The normalized spacial score (nSPS) is 14.4. The van der Waals surface area contributed by atoms with Gasteiger partial charge in [0.2, 0.25) is 6.71 Å². The van der Waals surface area contributed by atoms with Crippen molar-refractivity contribution >= 4 is 23.7 Å². The molecule has 0 radical (unpaired) electrons. The number of rotatable bonds is 8. The van der Waals surface area contributed by atoms with Crippen molar-refractivity contribution < 1.29 is 0 Å². The van der Waals surface area contributed by atoms with Gasteiger partial charge < -0.3 is 0 Å². The number of hydrogen-bond acceptors (Lipinski definition) is 0. The van der Waals surface area contributed by atoms with Crippen LogP contribution in [0.25, 0.3) is 39.5 Å². The molecule has 7 aromatic carbocycles. The summed E-state index contributed by atoms with van der Waals surface area (Å²) in [7, 11) is 0. The maximum Gasteiger partial charge on any atom is 0.234 e. The van der Waals surface area contributed by atoms with Crippen LogP contribution in [-0.4, -0.2) is 6.71 Å². The number of fused-ring (bicyclic) bond motifs is 8. The van der Waals surface area contributed by atoms with Gasteiger partial charge in [0.1, 0.15) is 0 Å². The van der Waals surface area contributed by atoms with E-state index in [0.717, 1.165) is 19.3 Å². The van der Waals surface area contributed by atoms with Gasteiger partial charge in [0.15, 0.2) is 0 Å². The molecule has 0 fully saturated rings. The van der Waals surface area contributed by atoms with Crippen molar-refractivity contribution in [2.45, 2.75) is 24.7 Å². The average Bonchev–Trinajstić information content (AvgIpc) is 3.78. The molecule has 0 aliphatic heterocycles. The lowest BCUT2D eigenvalue weighted by molar-refractivity contribution is 0.767. The Morgan fingerprint density at radius 2 is 1.35 bits per heavy atom. The lowest BCUT2D eigenvalue weighted by Gasteiger charge is -2.35. The lowest BCUT2D eigenvalue weighted by atomic mass is 9.39. The molecule has 0 N–H and O–H groups in total. The zero-order valence-electron chi connectivity index (χ0n) is 30.8. The predicted molar refractivity (Wildman–Crippen MR) is 232 cm³/mol. The van der Waals surface area contributed by atoms with Crippen molar-refractivity contribution in [1.82, 2.24) is 0 Å². The van der Waals surface area contributed by atoms with E-state index < -0.39 is 5.41 Å². The molecule has 0 saturated carbocycles. The molecule has 0 saturated heterocycles. The monoisotopic (exact) mass is 698 g/mol. The van der Waals surface area contributed by atoms with Gasteiger partial charge in [-0.05, 0) is 97.3 Å². The summed E-state index contributed by atoms with van der Waals surface area (Å²) in [5.74, 6) is 2.47. The van der Waals surface area contributed by atoms with Crippen LogP contribution >= 0.6 is 0 Å². The maximum atomic E-state index is 4.29. The van der Waals surface area contributed by atoms with Gasteiger partial charge in [-0.25, -0.2) is 0 Å². The molecule has 0 nitrogen and oxygen atoms in total. The van der Waals surface area contributed by atoms with Gasteiger partial charge in [-0.3, -0.25) is 0 Å². The van der Waals surface area contributed by atoms with Crippen LogP contribution in [0.1, 0.15) is 45.4 Å². The Morgan fingerprint density at radius 3 is 2.07 bits per heavy atom. The molecule has 0 atom stereocenters. The highest BCUT2D eigenvalue weighted by Gasteiger charge is 2.46. The van der Waals surface area contributed by atoms with Crippen LogP contribution in [0.4, 0.5) is 0 Å². The molecule has 0 bridgehead atoms. The summed E-state index contributed by atoms with van der Waals surface area (Å²) >= 11 is 0. The van der Waals surface area contributed by atoms with Crippen molar-refractivity contribution in [1.29, 1.82) is 0 Å². The Bertz CT molecular complexity index is 2630. The molecule has 0 heterocycles. The van der Waals surface area contributed by atoms with Crippen LogP contribution in [0.3, 0.4) is 0 Å². The van der Waals surface area contributed by atoms with E-state index in [1.54, 1.807) is 0 Å². The Balaban J connectivity index is 1.20. The van der Waals surface area contributed by atoms with E-state index in [1.807, 2.05) is 12.1 Å². The standard InChI is InChI=1S/C54H39B/c1-2-17-41(54(42-21-7-4-8-22-42)51-28-15-13-25-46(51)47-26-14-16-29-52(47)54)34-35-55(43-32-30-39(31-33-43)38-18-5-3-6-19-38)53-37-50-44-23-10-9-20-40(44)36-49(50)45-24-11-12-27-48(45)53/h2-8,10-11,13-19,21-26,28-35,37H,1,12,27,36H2/b35-34-,41-17+. The molecule has 0 amide bonds. The molecular weight excluding hydrogens is 659 g/mol. The summed E-state index contributed by atoms with van der Waals surface area (Å²) in [6, 6.07) is 62.3. The first-order valence-corrected chi connectivity index (χ1v) is 19.4. The minimum Gasteiger partial charge on any atom is -0.105 e. The van der Waals surface area contributed by atoms with Crippen LogP contribution < -0.4 is 10.9 Å². The third kappa shape index (κ3) is 5.33. The summed E-state index contributed by atoms with van der Waals surface area (Å²) < 4.78 is 0. The van der Waals surface area contributed by atoms with E-state index in [2.05, 4.69) is 195 Å². The molecule has 7 aromatic rings. The van der Waals surface area contributed by atoms with Crippen LogP contribution in [0.2, 0.25) is 0 Å². The molecule has 3 aliphatic rings. The SMILES string of the molecule is C=C/C=C(\C=C/B(c1ccc(-c2ccccc2)cc1)c1cc2c(c3c1CCC=C3)Cc1c#cccc1-2)C1(c2ccccc2)c2ccccc2-c2ccccc21. The first-order valence-electron chi connectivity index (χ1n) is 19.4. The zero-order chi connectivity index (χ0) is 36.8. The van der Waals surface area contributed by atoms with Gasteiger partial charge in [0, 0.05) is 12.0 Å². The Kier molecular flexibility index (Phi) is 8.20. The Labute approximate surface area is 325 Å². The highest BCUT2D eigenvalue weighted by molar-refractivity contribution is 6.89. The lowest BCUT2D eigenvalue weighted by Crippen LogP contribution is -2.43. The first-order chi connectivity index (χ1) is 27.3. The number of benzene rings is 6. The van der Waals surface area contributed by atoms with Gasteiger partial charge in [0.25, 0.3) is 0 Å². The summed E-state index contributed by atoms with van der Waals surface area (Å²) in [6.07, 6.45) is 14.3. The largest absolute Gasteiger partial charge is 0.234 e. The Morgan fingerprint density at radius 1 is 0.673 bits per heavy atom. The molecule has 0 unspecified atom stereocenters. The number of hydrogen-bond donors (Lipinski definition) is 0. The van der Waals surface area contributed by atoms with Crippen molar-refractivity contribution in [3.05, 3.63) is 245 Å². The molecule has 3 aliphatic carbocycles. The van der Waals surface area contributed by atoms with Gasteiger partial charge in [-0.15, -0.1) is 5.98 Å². The second kappa shape index (κ2) is 13.7. The van der Waals surface area contributed by atoms with Gasteiger partial charge >= 0.3 is 0 Å². The van der Waals surface area contributed by atoms with Gasteiger partial charge in [0.05, 0.1) is 5.41 Å². The predicted octanol–water partition coefficient (Wildman–Crippen LogP) is 11.3. The van der Waals surface area contributed by atoms with Crippen molar-refractivity contribution in [3.8, 4) is 33.4 Å². The fourth-order valence-electron chi connectivity index (χ4n) is 9.67. The van der Waals surface area contributed by atoms with Crippen LogP contribution in [-0.2, 0) is 18.3 Å². The van der Waals surface area contributed by atoms with E-state index >= 15 is 0 Å². The quantitative estimate of drug-likeness (QED) is 0.109. The minimum absolute atomic E-state index is 0.00612. The van der Waals surface area contributed by atoms with Crippen LogP contribution in [0.15, 0.2) is 194 Å². The average molecular weight is 699 g/mol. The summed E-state index contributed by atoms with van der Waals surface area (Å²) in [6.45, 7) is 4.29. The molecule has 55 heavy (non-hydrogen) atoms. The smallest absolute Gasteiger partial charge is 0.105 e. The first kappa shape index (κ1) is 33.0. The summed E-state index contributed by atoms with van der Waals surface area (Å²) in [5.41, 5.74) is 20.3.